The predicted molar refractivity (Wildman–Crippen MR) is 106 cm³/mol. The second-order valence-electron chi connectivity index (χ2n) is 8.23. The maximum atomic E-state index is 15.3. The molecular weight excluding hydrogens is 396 g/mol. The minimum absolute atomic E-state index is 0.0512. The van der Waals surface area contributed by atoms with Gasteiger partial charge in [-0.05, 0) is 49.7 Å². The fourth-order valence-corrected chi connectivity index (χ4v) is 4.48. The van der Waals surface area contributed by atoms with Gasteiger partial charge in [0.05, 0.1) is 19.4 Å². The van der Waals surface area contributed by atoms with Crippen LogP contribution < -0.4 is 4.74 Å². The van der Waals surface area contributed by atoms with E-state index >= 15 is 4.39 Å². The zero-order chi connectivity index (χ0) is 21.3. The van der Waals surface area contributed by atoms with Crippen LogP contribution in [0.3, 0.4) is 0 Å². The highest BCUT2D eigenvalue weighted by molar-refractivity contribution is 5.54. The Morgan fingerprint density at radius 2 is 1.80 bits per heavy atom. The average molecular weight is 422 g/mol. The normalized spacial score (nSPS) is 20.4. The van der Waals surface area contributed by atoms with Crippen molar-refractivity contribution >= 4 is 0 Å². The van der Waals surface area contributed by atoms with E-state index in [9.17, 15) is 13.2 Å². The van der Waals surface area contributed by atoms with E-state index in [4.69, 9.17) is 9.47 Å². The van der Waals surface area contributed by atoms with Gasteiger partial charge in [-0.25, -0.2) is 8.78 Å². The predicted octanol–water partition coefficient (Wildman–Crippen LogP) is 6.97. The van der Waals surface area contributed by atoms with Gasteiger partial charge >= 0.3 is 0 Å². The summed E-state index contributed by atoms with van der Waals surface area (Å²) in [5, 5.41) is 0. The van der Waals surface area contributed by atoms with Crippen molar-refractivity contribution in [3.63, 3.8) is 0 Å². The van der Waals surface area contributed by atoms with Gasteiger partial charge in [0.2, 0.25) is 5.82 Å². The molecule has 1 fully saturated rings. The molecule has 6 heteroatoms. The Morgan fingerprint density at radius 3 is 2.50 bits per heavy atom. The summed E-state index contributed by atoms with van der Waals surface area (Å²) in [4.78, 5) is 0. The summed E-state index contributed by atoms with van der Waals surface area (Å²) in [6.45, 7) is 2.02. The van der Waals surface area contributed by atoms with Crippen molar-refractivity contribution in [3.8, 4) is 11.5 Å². The van der Waals surface area contributed by atoms with Gasteiger partial charge in [-0.2, -0.15) is 4.39 Å². The molecule has 0 radical (unpaired) electrons. The van der Waals surface area contributed by atoms with Gasteiger partial charge < -0.3 is 9.47 Å². The Hall–Kier alpha value is -2.08. The number of benzene rings is 2. The summed E-state index contributed by atoms with van der Waals surface area (Å²) in [7, 11) is 0. The Morgan fingerprint density at radius 1 is 1.00 bits per heavy atom. The molecule has 0 amide bonds. The van der Waals surface area contributed by atoms with Crippen molar-refractivity contribution in [1.82, 2.24) is 0 Å². The number of ether oxygens (including phenoxy) is 2. The van der Waals surface area contributed by atoms with Gasteiger partial charge in [0.15, 0.2) is 23.1 Å². The van der Waals surface area contributed by atoms with Crippen LogP contribution in [-0.2, 0) is 17.6 Å². The molecule has 2 aromatic carbocycles. The summed E-state index contributed by atoms with van der Waals surface area (Å²) >= 11 is 0. The average Bonchev–Trinajstić information content (AvgIpc) is 2.76. The molecule has 0 aromatic heterocycles. The lowest BCUT2D eigenvalue weighted by molar-refractivity contribution is -0.0219. The first-order chi connectivity index (χ1) is 14.5. The largest absolute Gasteiger partial charge is 0.450 e. The van der Waals surface area contributed by atoms with E-state index in [-0.39, 0.29) is 30.5 Å². The van der Waals surface area contributed by atoms with E-state index in [1.807, 2.05) is 6.92 Å². The van der Waals surface area contributed by atoms with Gasteiger partial charge in [0, 0.05) is 23.1 Å². The monoisotopic (exact) mass is 422 g/mol. The van der Waals surface area contributed by atoms with E-state index in [2.05, 4.69) is 0 Å². The molecule has 1 saturated heterocycles. The van der Waals surface area contributed by atoms with Gasteiger partial charge in [-0.15, -0.1) is 0 Å². The lowest BCUT2D eigenvalue weighted by Crippen LogP contribution is -2.22. The first-order valence-corrected chi connectivity index (χ1v) is 10.7. The van der Waals surface area contributed by atoms with Gasteiger partial charge in [-0.3, -0.25) is 4.39 Å². The maximum absolute atomic E-state index is 15.3. The van der Waals surface area contributed by atoms with Crippen LogP contribution >= 0.6 is 0 Å². The van der Waals surface area contributed by atoms with E-state index < -0.39 is 23.6 Å². The summed E-state index contributed by atoms with van der Waals surface area (Å²) in [6, 6.07) is 5.09. The third-order valence-electron chi connectivity index (χ3n) is 6.09. The Labute approximate surface area is 174 Å². The summed E-state index contributed by atoms with van der Waals surface area (Å²) in [5.74, 6) is -2.56. The van der Waals surface area contributed by atoms with Crippen LogP contribution in [0.5, 0.6) is 11.5 Å². The lowest BCUT2D eigenvalue weighted by atomic mass is 9.90. The molecule has 2 nitrogen and oxygen atoms in total. The Balaban J connectivity index is 1.57. The maximum Gasteiger partial charge on any atom is 0.201 e. The van der Waals surface area contributed by atoms with Crippen molar-refractivity contribution in [2.45, 2.75) is 58.0 Å². The minimum Gasteiger partial charge on any atom is -0.450 e. The van der Waals surface area contributed by atoms with Gasteiger partial charge in [-0.1, -0.05) is 25.5 Å². The molecule has 0 spiro atoms. The van der Waals surface area contributed by atoms with Crippen LogP contribution in [0.15, 0.2) is 18.2 Å². The number of rotatable bonds is 6. The SMILES string of the molecule is CCCc1cc2c(c(F)c1F)Oc1c(ccc(C3CCC(CCCF)CO3)c1F)C2. The molecule has 2 aliphatic heterocycles. The Bertz CT molecular complexity index is 920. The molecule has 2 atom stereocenters. The molecule has 2 heterocycles. The van der Waals surface area contributed by atoms with Crippen molar-refractivity contribution in [2.75, 3.05) is 13.3 Å². The summed E-state index contributed by atoms with van der Waals surface area (Å²) in [5.41, 5.74) is 1.82. The number of fused-ring (bicyclic) bond motifs is 2. The number of hydrogen-bond acceptors (Lipinski definition) is 2. The highest BCUT2D eigenvalue weighted by Crippen LogP contribution is 2.44. The molecule has 4 rings (SSSR count). The Kier molecular flexibility index (Phi) is 6.32. The zero-order valence-electron chi connectivity index (χ0n) is 17.1. The molecule has 2 unspecified atom stereocenters. The second kappa shape index (κ2) is 8.96. The zero-order valence-corrected chi connectivity index (χ0v) is 17.1. The number of aryl methyl sites for hydroxylation is 1. The lowest BCUT2D eigenvalue weighted by Gasteiger charge is -2.30. The fourth-order valence-electron chi connectivity index (χ4n) is 4.48. The molecule has 0 aliphatic carbocycles. The van der Waals surface area contributed by atoms with Crippen LogP contribution in [0, 0.1) is 23.4 Å². The number of halogens is 4. The number of hydrogen-bond donors (Lipinski definition) is 0. The summed E-state index contributed by atoms with van der Waals surface area (Å²) in [6.07, 6.45) is 3.74. The van der Waals surface area contributed by atoms with Crippen LogP contribution in [0.4, 0.5) is 17.6 Å². The first-order valence-electron chi connectivity index (χ1n) is 10.7. The van der Waals surface area contributed by atoms with Crippen molar-refractivity contribution in [3.05, 3.63) is 57.9 Å². The highest BCUT2D eigenvalue weighted by atomic mass is 19.2. The molecular formula is C24H26F4O2. The summed E-state index contributed by atoms with van der Waals surface area (Å²) < 4.78 is 68.1. The van der Waals surface area contributed by atoms with Crippen molar-refractivity contribution < 1.29 is 27.0 Å². The van der Waals surface area contributed by atoms with Crippen LogP contribution in [0.25, 0.3) is 0 Å². The van der Waals surface area contributed by atoms with Gasteiger partial charge in [0.1, 0.15) is 0 Å². The third-order valence-corrected chi connectivity index (χ3v) is 6.09. The van der Waals surface area contributed by atoms with E-state index in [0.29, 0.717) is 54.5 Å². The highest BCUT2D eigenvalue weighted by Gasteiger charge is 2.31. The fraction of sp³-hybridized carbons (Fsp3) is 0.500. The first kappa shape index (κ1) is 21.2. The van der Waals surface area contributed by atoms with Crippen LogP contribution in [0.2, 0.25) is 0 Å². The molecule has 2 aromatic rings. The minimum atomic E-state index is -1.06. The molecule has 162 valence electrons. The standard InChI is InChI=1S/C24H26F4O2/c1-2-4-15-11-17-12-16-7-8-18(19-9-6-14(13-29-19)5-3-10-25)21(27)23(16)30-24(17)22(28)20(15)26/h7-8,11,14,19H,2-6,9-10,12-13H2,1H3. The molecule has 0 bridgehead atoms. The topological polar surface area (TPSA) is 18.5 Å². The molecule has 2 aliphatic rings. The van der Waals surface area contributed by atoms with Gasteiger partial charge in [0.25, 0.3) is 0 Å². The third kappa shape index (κ3) is 3.94. The molecule has 30 heavy (non-hydrogen) atoms. The molecule has 0 N–H and O–H groups in total. The van der Waals surface area contributed by atoms with E-state index in [1.54, 1.807) is 18.2 Å². The van der Waals surface area contributed by atoms with E-state index in [0.717, 1.165) is 12.8 Å². The number of alkyl halides is 1. The van der Waals surface area contributed by atoms with Crippen molar-refractivity contribution in [1.29, 1.82) is 0 Å². The van der Waals surface area contributed by atoms with E-state index in [1.165, 1.54) is 0 Å². The quantitative estimate of drug-likeness (QED) is 0.399. The molecule has 0 saturated carbocycles. The smallest absolute Gasteiger partial charge is 0.201 e. The van der Waals surface area contributed by atoms with Crippen molar-refractivity contribution in [2.24, 2.45) is 5.92 Å². The van der Waals surface area contributed by atoms with Crippen LogP contribution in [0.1, 0.15) is 67.4 Å². The van der Waals surface area contributed by atoms with Crippen LogP contribution in [-0.4, -0.2) is 13.3 Å². The second-order valence-corrected chi connectivity index (χ2v) is 8.23.